The average Bonchev–Trinajstić information content (AvgIpc) is 3.51. The molecule has 3 fully saturated rings. The number of nitrogens with one attached hydrogen (secondary N) is 2. The first-order valence-electron chi connectivity index (χ1n) is 12.9. The topological polar surface area (TPSA) is 102 Å². The minimum Gasteiger partial charge on any atom is -0.394 e. The van der Waals surface area contributed by atoms with Gasteiger partial charge in [-0.25, -0.2) is 0 Å². The highest BCUT2D eigenvalue weighted by atomic mass is 32.2. The van der Waals surface area contributed by atoms with Crippen molar-refractivity contribution >= 4 is 40.9 Å². The van der Waals surface area contributed by atoms with Gasteiger partial charge in [0.25, 0.3) is 0 Å². The Kier molecular flexibility index (Phi) is 7.66. The minimum absolute atomic E-state index is 0.0380. The first-order valence-corrected chi connectivity index (χ1v) is 13.7. The number of likely N-dealkylation sites (tertiary alicyclic amines) is 1. The molecule has 6 atom stereocenters. The first kappa shape index (κ1) is 25.8. The number of carbonyl (C=O) groups is 3. The van der Waals surface area contributed by atoms with Crippen molar-refractivity contribution in [2.45, 2.75) is 69.0 Å². The fraction of sp³-hybridized carbons (Fsp3) is 0.654. The van der Waals surface area contributed by atoms with Crippen LogP contribution in [0.4, 0.5) is 11.4 Å². The molecule has 4 rings (SSSR count). The summed E-state index contributed by atoms with van der Waals surface area (Å²) in [6, 6.07) is 6.50. The second-order valence-corrected chi connectivity index (χ2v) is 11.4. The van der Waals surface area contributed by atoms with Crippen LogP contribution in [0.5, 0.6) is 0 Å². The predicted molar refractivity (Wildman–Crippen MR) is 139 cm³/mol. The van der Waals surface area contributed by atoms with Gasteiger partial charge in [0, 0.05) is 36.3 Å². The van der Waals surface area contributed by atoms with Gasteiger partial charge in [-0.15, -0.1) is 11.8 Å². The lowest BCUT2D eigenvalue weighted by Crippen LogP contribution is -2.54. The number of nitrogens with zero attached hydrogens (tertiary/aromatic N) is 2. The molecule has 2 unspecified atom stereocenters. The number of hydrogen-bond donors (Lipinski definition) is 3. The van der Waals surface area contributed by atoms with E-state index in [2.05, 4.69) is 29.4 Å². The van der Waals surface area contributed by atoms with E-state index in [4.69, 9.17) is 0 Å². The van der Waals surface area contributed by atoms with Crippen molar-refractivity contribution in [2.75, 3.05) is 36.5 Å². The van der Waals surface area contributed by atoms with Gasteiger partial charge in [0.2, 0.25) is 17.7 Å². The number of benzene rings is 1. The molecule has 1 aromatic rings. The van der Waals surface area contributed by atoms with Crippen molar-refractivity contribution < 1.29 is 19.5 Å². The molecule has 3 heterocycles. The lowest BCUT2D eigenvalue weighted by atomic mass is 9.70. The summed E-state index contributed by atoms with van der Waals surface area (Å²) < 4.78 is -0.648. The molecular formula is C26H38N4O4S. The number of carbonyl (C=O) groups excluding carboxylic acids is 3. The lowest BCUT2D eigenvalue weighted by molar-refractivity contribution is -0.141. The Labute approximate surface area is 212 Å². The van der Waals surface area contributed by atoms with Crippen LogP contribution in [0.3, 0.4) is 0 Å². The summed E-state index contributed by atoms with van der Waals surface area (Å²) in [6.45, 7) is 10.1. The average molecular weight is 503 g/mol. The first-order chi connectivity index (χ1) is 16.8. The van der Waals surface area contributed by atoms with Crippen molar-refractivity contribution in [2.24, 2.45) is 11.8 Å². The molecule has 3 aliphatic heterocycles. The van der Waals surface area contributed by atoms with Gasteiger partial charge in [-0.1, -0.05) is 6.92 Å². The van der Waals surface area contributed by atoms with Crippen LogP contribution in [0.2, 0.25) is 0 Å². The Bertz CT molecular complexity index is 953. The van der Waals surface area contributed by atoms with Crippen LogP contribution in [0, 0.1) is 11.8 Å². The maximum atomic E-state index is 13.8. The summed E-state index contributed by atoms with van der Waals surface area (Å²) in [6.07, 6.45) is 2.35. The monoisotopic (exact) mass is 502 g/mol. The third-order valence-electron chi connectivity index (χ3n) is 7.84. The molecule has 35 heavy (non-hydrogen) atoms. The Morgan fingerprint density at radius 2 is 1.89 bits per heavy atom. The van der Waals surface area contributed by atoms with Gasteiger partial charge in [-0.3, -0.25) is 14.4 Å². The number of rotatable bonds is 10. The third-order valence-corrected chi connectivity index (χ3v) is 9.79. The van der Waals surface area contributed by atoms with Crippen molar-refractivity contribution in [3.63, 3.8) is 0 Å². The van der Waals surface area contributed by atoms with Crippen LogP contribution in [0.15, 0.2) is 24.3 Å². The number of hydrogen-bond acceptors (Lipinski definition) is 6. The Morgan fingerprint density at radius 3 is 2.49 bits per heavy atom. The fourth-order valence-corrected chi connectivity index (χ4v) is 8.38. The molecule has 0 aromatic heterocycles. The molecule has 3 aliphatic rings. The third kappa shape index (κ3) is 4.31. The maximum Gasteiger partial charge on any atom is 0.248 e. The van der Waals surface area contributed by atoms with E-state index in [0.717, 1.165) is 31.6 Å². The molecule has 9 heteroatoms. The van der Waals surface area contributed by atoms with Crippen LogP contribution >= 0.6 is 11.8 Å². The Morgan fingerprint density at radius 1 is 1.20 bits per heavy atom. The summed E-state index contributed by atoms with van der Waals surface area (Å²) in [4.78, 5) is 44.4. The van der Waals surface area contributed by atoms with Crippen LogP contribution in [0.1, 0.15) is 47.0 Å². The molecular weight excluding hydrogens is 464 g/mol. The molecule has 2 bridgehead atoms. The lowest BCUT2D eigenvalue weighted by Gasteiger charge is -2.36. The largest absolute Gasteiger partial charge is 0.394 e. The van der Waals surface area contributed by atoms with E-state index in [-0.39, 0.29) is 29.6 Å². The number of anilines is 2. The minimum atomic E-state index is -0.733. The van der Waals surface area contributed by atoms with Crippen LogP contribution in [0.25, 0.3) is 0 Å². The van der Waals surface area contributed by atoms with Crippen molar-refractivity contribution in [3.05, 3.63) is 24.3 Å². The molecule has 8 nitrogen and oxygen atoms in total. The number of fused-ring (bicyclic) bond motifs is 1. The van der Waals surface area contributed by atoms with Gasteiger partial charge < -0.3 is 25.5 Å². The van der Waals surface area contributed by atoms with Crippen LogP contribution in [-0.4, -0.2) is 76.0 Å². The Balaban J connectivity index is 1.62. The molecule has 0 radical (unpaired) electrons. The van der Waals surface area contributed by atoms with E-state index in [1.807, 2.05) is 31.2 Å². The highest BCUT2D eigenvalue weighted by Gasteiger charge is 2.74. The summed E-state index contributed by atoms with van der Waals surface area (Å²) in [5.74, 6) is -1.51. The van der Waals surface area contributed by atoms with Gasteiger partial charge in [0.05, 0.1) is 29.2 Å². The standard InChI is InChI=1S/C26H38N4O4S/c1-5-14-27-23(32)20-19-12-13-26(35-19)21(20)25(34)30(16(4)15-31)22(26)24(33)28-17-8-10-18(11-9-17)29(6-2)7-3/h8-11,16,19-22,31H,5-7,12-15H2,1-4H3,(H,27,32)(H,28,33)/t16-,19+,20-,21+,22?,26?/m1/s1. The molecule has 3 amide bonds. The smallest absolute Gasteiger partial charge is 0.248 e. The predicted octanol–water partition coefficient (Wildman–Crippen LogP) is 2.47. The molecule has 1 spiro atoms. The van der Waals surface area contributed by atoms with Crippen molar-refractivity contribution in [3.8, 4) is 0 Å². The van der Waals surface area contributed by atoms with E-state index >= 15 is 0 Å². The quantitative estimate of drug-likeness (QED) is 0.454. The zero-order valence-corrected chi connectivity index (χ0v) is 21.9. The highest BCUT2D eigenvalue weighted by molar-refractivity contribution is 8.02. The SMILES string of the molecule is CCCNC(=O)[C@@H]1[C@@H]2CCC3(S2)C(C(=O)Nc2ccc(N(CC)CC)cc2)N([C@H](C)CO)C(=O)[C@H]13. The molecule has 3 N–H and O–H groups in total. The van der Waals surface area contributed by atoms with E-state index in [0.29, 0.717) is 18.7 Å². The summed E-state index contributed by atoms with van der Waals surface area (Å²) in [5.41, 5.74) is 1.76. The Hall–Kier alpha value is -2.26. The fourth-order valence-electron chi connectivity index (χ4n) is 6.17. The van der Waals surface area contributed by atoms with Gasteiger partial charge >= 0.3 is 0 Å². The highest BCUT2D eigenvalue weighted by Crippen LogP contribution is 2.66. The molecule has 192 valence electrons. The summed E-state index contributed by atoms with van der Waals surface area (Å²) in [7, 11) is 0. The van der Waals surface area contributed by atoms with Crippen LogP contribution < -0.4 is 15.5 Å². The van der Waals surface area contributed by atoms with Gasteiger partial charge in [-0.05, 0) is 64.3 Å². The molecule has 1 aromatic carbocycles. The zero-order chi connectivity index (χ0) is 25.3. The molecule has 3 saturated heterocycles. The maximum absolute atomic E-state index is 13.8. The van der Waals surface area contributed by atoms with Gasteiger partial charge in [0.1, 0.15) is 6.04 Å². The van der Waals surface area contributed by atoms with E-state index in [1.54, 1.807) is 23.6 Å². The van der Waals surface area contributed by atoms with Crippen molar-refractivity contribution in [1.82, 2.24) is 10.2 Å². The second-order valence-electron chi connectivity index (χ2n) is 9.83. The van der Waals surface area contributed by atoms with E-state index in [9.17, 15) is 19.5 Å². The number of aliphatic hydroxyl groups excluding tert-OH is 1. The summed E-state index contributed by atoms with van der Waals surface area (Å²) >= 11 is 1.64. The van der Waals surface area contributed by atoms with E-state index < -0.39 is 28.7 Å². The van der Waals surface area contributed by atoms with Gasteiger partial charge in [0.15, 0.2) is 0 Å². The zero-order valence-electron chi connectivity index (χ0n) is 21.1. The van der Waals surface area contributed by atoms with Crippen LogP contribution in [-0.2, 0) is 14.4 Å². The van der Waals surface area contributed by atoms with Gasteiger partial charge in [-0.2, -0.15) is 0 Å². The molecule has 0 saturated carbocycles. The normalized spacial score (nSPS) is 29.7. The number of aliphatic hydroxyl groups is 1. The van der Waals surface area contributed by atoms with E-state index in [1.165, 1.54) is 0 Å². The molecule has 0 aliphatic carbocycles. The number of amides is 3. The van der Waals surface area contributed by atoms with Crippen molar-refractivity contribution in [1.29, 1.82) is 0 Å². The summed E-state index contributed by atoms with van der Waals surface area (Å²) in [5, 5.41) is 16.0. The number of thioether (sulfide) groups is 1. The second kappa shape index (κ2) is 10.4.